The van der Waals surface area contributed by atoms with Crippen LogP contribution in [0.2, 0.25) is 0 Å². The minimum Gasteiger partial charge on any atom is -0.497 e. The van der Waals surface area contributed by atoms with Gasteiger partial charge in [-0.1, -0.05) is 12.1 Å². The summed E-state index contributed by atoms with van der Waals surface area (Å²) in [6.45, 7) is 0. The molecule has 0 radical (unpaired) electrons. The van der Waals surface area contributed by atoms with Crippen molar-refractivity contribution in [1.29, 1.82) is 0 Å². The maximum absolute atomic E-state index is 13.3. The van der Waals surface area contributed by atoms with E-state index in [0.717, 1.165) is 17.7 Å². The summed E-state index contributed by atoms with van der Waals surface area (Å²) in [7, 11) is 2.70. The summed E-state index contributed by atoms with van der Waals surface area (Å²) in [5.41, 5.74) is 0.498. The number of carbonyl (C=O) groups is 2. The van der Waals surface area contributed by atoms with Gasteiger partial charge in [0, 0.05) is 18.1 Å². The van der Waals surface area contributed by atoms with Crippen LogP contribution in [0, 0.1) is 11.6 Å². The molecule has 0 fully saturated rings. The normalized spacial score (nSPS) is 11.5. The molecule has 0 aliphatic carbocycles. The number of amides is 1. The molecule has 0 aromatic heterocycles. The minimum absolute atomic E-state index is 0.132. The van der Waals surface area contributed by atoms with Crippen LogP contribution in [0.5, 0.6) is 5.75 Å². The Morgan fingerprint density at radius 3 is 2.36 bits per heavy atom. The van der Waals surface area contributed by atoms with Crippen molar-refractivity contribution in [2.75, 3.05) is 14.2 Å². The standard InChI is InChI=1S/C18H17F2NO4/c1-24-15-5-3-4-11(6-15)7-16(18(23)25-2)21-17(22)12-8-13(19)10-14(20)9-12/h3-6,8-10,16H,7H2,1-2H3,(H,21,22)/t16-/m0/s1. The fourth-order valence-electron chi connectivity index (χ4n) is 2.30. The molecule has 132 valence electrons. The highest BCUT2D eigenvalue weighted by atomic mass is 19.1. The third-order valence-electron chi connectivity index (χ3n) is 3.49. The van der Waals surface area contributed by atoms with Crippen LogP contribution in [0.3, 0.4) is 0 Å². The number of hydrogen-bond donors (Lipinski definition) is 1. The number of ether oxygens (including phenoxy) is 2. The lowest BCUT2D eigenvalue weighted by Crippen LogP contribution is -2.43. The first-order chi connectivity index (χ1) is 11.9. The van der Waals surface area contributed by atoms with E-state index >= 15 is 0 Å². The lowest BCUT2D eigenvalue weighted by molar-refractivity contribution is -0.142. The number of carbonyl (C=O) groups excluding carboxylic acids is 2. The third kappa shape index (κ3) is 5.00. The van der Waals surface area contributed by atoms with E-state index in [1.807, 2.05) is 0 Å². The Balaban J connectivity index is 2.19. The number of nitrogens with one attached hydrogen (secondary N) is 1. The summed E-state index contributed by atoms with van der Waals surface area (Å²) < 4.78 is 36.3. The van der Waals surface area contributed by atoms with Crippen LogP contribution in [0.4, 0.5) is 8.78 Å². The van der Waals surface area contributed by atoms with Crippen molar-refractivity contribution >= 4 is 11.9 Å². The third-order valence-corrected chi connectivity index (χ3v) is 3.49. The van der Waals surface area contributed by atoms with Gasteiger partial charge in [0.2, 0.25) is 0 Å². The van der Waals surface area contributed by atoms with Gasteiger partial charge in [0.1, 0.15) is 23.4 Å². The molecular formula is C18H17F2NO4. The number of halogens is 2. The van der Waals surface area contributed by atoms with Crippen LogP contribution in [0.15, 0.2) is 42.5 Å². The molecule has 0 aliphatic heterocycles. The average Bonchev–Trinajstić information content (AvgIpc) is 2.59. The van der Waals surface area contributed by atoms with Crippen molar-refractivity contribution in [3.63, 3.8) is 0 Å². The smallest absolute Gasteiger partial charge is 0.328 e. The monoisotopic (exact) mass is 349 g/mol. The van der Waals surface area contributed by atoms with E-state index in [1.165, 1.54) is 14.2 Å². The highest BCUT2D eigenvalue weighted by Crippen LogP contribution is 2.15. The molecule has 0 aliphatic rings. The first kappa shape index (κ1) is 18.4. The Labute approximate surface area is 143 Å². The molecule has 25 heavy (non-hydrogen) atoms. The second-order valence-corrected chi connectivity index (χ2v) is 5.26. The van der Waals surface area contributed by atoms with E-state index in [1.54, 1.807) is 24.3 Å². The van der Waals surface area contributed by atoms with E-state index in [-0.39, 0.29) is 12.0 Å². The molecule has 0 bridgehead atoms. The summed E-state index contributed by atoms with van der Waals surface area (Å²) in [4.78, 5) is 24.2. The SMILES string of the molecule is COC(=O)[C@H](Cc1cccc(OC)c1)NC(=O)c1cc(F)cc(F)c1. The van der Waals surface area contributed by atoms with Crippen molar-refractivity contribution in [2.24, 2.45) is 0 Å². The molecule has 0 saturated heterocycles. The maximum Gasteiger partial charge on any atom is 0.328 e. The van der Waals surface area contributed by atoms with E-state index in [4.69, 9.17) is 9.47 Å². The van der Waals surface area contributed by atoms with Gasteiger partial charge in [-0.2, -0.15) is 0 Å². The fraction of sp³-hybridized carbons (Fsp3) is 0.222. The van der Waals surface area contributed by atoms with Gasteiger partial charge in [-0.15, -0.1) is 0 Å². The highest BCUT2D eigenvalue weighted by molar-refractivity contribution is 5.96. The molecule has 0 spiro atoms. The zero-order chi connectivity index (χ0) is 18.4. The molecule has 2 aromatic rings. The molecule has 1 amide bonds. The molecule has 0 heterocycles. The van der Waals surface area contributed by atoms with Crippen LogP contribution < -0.4 is 10.1 Å². The second kappa shape index (κ2) is 8.23. The number of benzene rings is 2. The summed E-state index contributed by atoms with van der Waals surface area (Å²) in [6.07, 6.45) is 0.132. The van der Waals surface area contributed by atoms with Gasteiger partial charge in [-0.05, 0) is 29.8 Å². The Hall–Kier alpha value is -2.96. The van der Waals surface area contributed by atoms with Crippen molar-refractivity contribution < 1.29 is 27.8 Å². The Bertz CT molecular complexity index is 759. The Morgan fingerprint density at radius 1 is 1.08 bits per heavy atom. The first-order valence-electron chi connectivity index (χ1n) is 7.40. The molecule has 2 rings (SSSR count). The van der Waals surface area contributed by atoms with E-state index in [0.29, 0.717) is 11.8 Å². The van der Waals surface area contributed by atoms with Gasteiger partial charge in [0.25, 0.3) is 5.91 Å². The first-order valence-corrected chi connectivity index (χ1v) is 7.40. The molecule has 1 atom stereocenters. The summed E-state index contributed by atoms with van der Waals surface area (Å²) in [5.74, 6) is -2.62. The summed E-state index contributed by atoms with van der Waals surface area (Å²) >= 11 is 0. The molecular weight excluding hydrogens is 332 g/mol. The van der Waals surface area contributed by atoms with E-state index in [9.17, 15) is 18.4 Å². The number of hydrogen-bond acceptors (Lipinski definition) is 4. The number of methoxy groups -OCH3 is 2. The predicted molar refractivity (Wildman–Crippen MR) is 86.3 cm³/mol. The quantitative estimate of drug-likeness (QED) is 0.814. The van der Waals surface area contributed by atoms with Gasteiger partial charge < -0.3 is 14.8 Å². The van der Waals surface area contributed by atoms with Gasteiger partial charge in [-0.3, -0.25) is 4.79 Å². The van der Waals surface area contributed by atoms with Gasteiger partial charge in [-0.25, -0.2) is 13.6 Å². The molecule has 7 heteroatoms. The lowest BCUT2D eigenvalue weighted by Gasteiger charge is -2.17. The maximum atomic E-state index is 13.3. The van der Waals surface area contributed by atoms with Crippen LogP contribution in [-0.4, -0.2) is 32.1 Å². The predicted octanol–water partition coefficient (Wildman–Crippen LogP) is 2.49. The van der Waals surface area contributed by atoms with Crippen molar-refractivity contribution in [1.82, 2.24) is 5.32 Å². The molecule has 2 aromatic carbocycles. The van der Waals surface area contributed by atoms with Crippen molar-refractivity contribution in [3.8, 4) is 5.75 Å². The topological polar surface area (TPSA) is 64.6 Å². The van der Waals surface area contributed by atoms with Crippen LogP contribution >= 0.6 is 0 Å². The zero-order valence-corrected chi connectivity index (χ0v) is 13.7. The van der Waals surface area contributed by atoms with Crippen LogP contribution in [0.25, 0.3) is 0 Å². The summed E-state index contributed by atoms with van der Waals surface area (Å²) in [5, 5.41) is 2.44. The second-order valence-electron chi connectivity index (χ2n) is 5.26. The number of rotatable bonds is 6. The highest BCUT2D eigenvalue weighted by Gasteiger charge is 2.23. The van der Waals surface area contributed by atoms with E-state index < -0.39 is 29.6 Å². The largest absolute Gasteiger partial charge is 0.497 e. The van der Waals surface area contributed by atoms with E-state index in [2.05, 4.69) is 5.32 Å². The fourth-order valence-corrected chi connectivity index (χ4v) is 2.30. The average molecular weight is 349 g/mol. The molecule has 0 saturated carbocycles. The molecule has 0 unspecified atom stereocenters. The zero-order valence-electron chi connectivity index (χ0n) is 13.7. The molecule has 1 N–H and O–H groups in total. The summed E-state index contributed by atoms with van der Waals surface area (Å²) in [6, 6.07) is 8.37. The Kier molecular flexibility index (Phi) is 6.05. The number of esters is 1. The molecule has 5 nitrogen and oxygen atoms in total. The van der Waals surface area contributed by atoms with Gasteiger partial charge in [0.15, 0.2) is 0 Å². The van der Waals surface area contributed by atoms with Crippen LogP contribution in [-0.2, 0) is 16.0 Å². The van der Waals surface area contributed by atoms with Crippen LogP contribution in [0.1, 0.15) is 15.9 Å². The lowest BCUT2D eigenvalue weighted by atomic mass is 10.0. The van der Waals surface area contributed by atoms with Gasteiger partial charge in [0.05, 0.1) is 14.2 Å². The Morgan fingerprint density at radius 2 is 1.76 bits per heavy atom. The van der Waals surface area contributed by atoms with Crippen molar-refractivity contribution in [3.05, 3.63) is 65.2 Å². The minimum atomic E-state index is -1.02. The van der Waals surface area contributed by atoms with Gasteiger partial charge >= 0.3 is 5.97 Å². The van der Waals surface area contributed by atoms with Crippen molar-refractivity contribution in [2.45, 2.75) is 12.5 Å².